The highest BCUT2D eigenvalue weighted by Crippen LogP contribution is 2.58. The molecule has 1 amide bonds. The third-order valence-electron chi connectivity index (χ3n) is 9.63. The molecule has 0 saturated heterocycles. The maximum Gasteiger partial charge on any atom is 0.330 e. The van der Waals surface area contributed by atoms with Gasteiger partial charge in [-0.2, -0.15) is 0 Å². The molecule has 0 atom stereocenters. The minimum Gasteiger partial charge on any atom is -0.496 e. The summed E-state index contributed by atoms with van der Waals surface area (Å²) >= 11 is 6.26. The Morgan fingerprint density at radius 1 is 1.00 bits per heavy atom. The van der Waals surface area contributed by atoms with Crippen molar-refractivity contribution < 1.29 is 24.2 Å². The first-order valence-corrected chi connectivity index (χ1v) is 14.6. The Kier molecular flexibility index (Phi) is 6.38. The minimum absolute atomic E-state index is 0.0834. The van der Waals surface area contributed by atoms with Crippen LogP contribution < -0.4 is 14.8 Å². The van der Waals surface area contributed by atoms with Crippen molar-refractivity contribution in [2.24, 2.45) is 23.7 Å². The smallest absolute Gasteiger partial charge is 0.330 e. The van der Waals surface area contributed by atoms with E-state index in [2.05, 4.69) is 10.3 Å². The molecule has 4 saturated carbocycles. The fourth-order valence-electron chi connectivity index (χ4n) is 8.02. The highest BCUT2D eigenvalue weighted by Gasteiger charge is 2.62. The first-order chi connectivity index (χ1) is 20.3. The summed E-state index contributed by atoms with van der Waals surface area (Å²) in [5.74, 6) is 0.901. The van der Waals surface area contributed by atoms with Crippen molar-refractivity contribution in [1.82, 2.24) is 19.9 Å². The first kappa shape index (κ1) is 26.8. The summed E-state index contributed by atoms with van der Waals surface area (Å²) in [5, 5.41) is 15.0. The van der Waals surface area contributed by atoms with Gasteiger partial charge in [0.05, 0.1) is 25.4 Å². The molecule has 0 spiro atoms. The van der Waals surface area contributed by atoms with Gasteiger partial charge in [0, 0.05) is 22.8 Å². The number of nitrogens with zero attached hydrogens (tertiary/aromatic N) is 3. The maximum atomic E-state index is 14.0. The SMILES string of the molecule is COc1cccc(OC)c1-c1nc(C(=O)NC2(C(=O)O)C3CC4CC(C3)CC2C4)cn1-c1ccnc2cc(Cl)ccc12. The lowest BCUT2D eigenvalue weighted by Crippen LogP contribution is -2.70. The van der Waals surface area contributed by atoms with Crippen LogP contribution >= 0.6 is 11.6 Å². The first-order valence-electron chi connectivity index (χ1n) is 14.2. The van der Waals surface area contributed by atoms with E-state index in [9.17, 15) is 14.7 Å². The molecule has 42 heavy (non-hydrogen) atoms. The number of aliphatic carboxylic acids is 1. The van der Waals surface area contributed by atoms with Gasteiger partial charge in [0.2, 0.25) is 0 Å². The number of carbonyl (C=O) groups excluding carboxylic acids is 1. The summed E-state index contributed by atoms with van der Waals surface area (Å²) in [6.07, 6.45) is 7.84. The van der Waals surface area contributed by atoms with Gasteiger partial charge in [-0.3, -0.25) is 14.3 Å². The van der Waals surface area contributed by atoms with E-state index in [1.165, 1.54) is 6.42 Å². The van der Waals surface area contributed by atoms with Crippen LogP contribution in [0.4, 0.5) is 0 Å². The predicted molar refractivity (Wildman–Crippen MR) is 157 cm³/mol. The van der Waals surface area contributed by atoms with Gasteiger partial charge in [-0.1, -0.05) is 17.7 Å². The lowest BCUT2D eigenvalue weighted by molar-refractivity contribution is -0.163. The van der Waals surface area contributed by atoms with Crippen molar-refractivity contribution in [3.05, 3.63) is 65.6 Å². The Bertz CT molecular complexity index is 1680. The normalized spacial score (nSPS) is 25.9. The Labute approximate surface area is 247 Å². The molecule has 4 bridgehead atoms. The molecule has 4 aliphatic carbocycles. The molecule has 0 unspecified atom stereocenters. The van der Waals surface area contributed by atoms with E-state index in [4.69, 9.17) is 26.1 Å². The molecular formula is C32H31ClN4O5. The molecule has 2 aromatic heterocycles. The minimum atomic E-state index is -1.29. The maximum absolute atomic E-state index is 14.0. The van der Waals surface area contributed by atoms with Crippen molar-refractivity contribution >= 4 is 34.4 Å². The molecular weight excluding hydrogens is 556 g/mol. The second kappa shape index (κ2) is 10.0. The van der Waals surface area contributed by atoms with Crippen molar-refractivity contribution in [3.63, 3.8) is 0 Å². The summed E-state index contributed by atoms with van der Waals surface area (Å²) < 4.78 is 13.2. The Morgan fingerprint density at radius 3 is 2.29 bits per heavy atom. The van der Waals surface area contributed by atoms with Crippen LogP contribution in [0, 0.1) is 23.7 Å². The van der Waals surface area contributed by atoms with Crippen LogP contribution in [0.5, 0.6) is 11.5 Å². The van der Waals surface area contributed by atoms with E-state index < -0.39 is 17.4 Å². The van der Waals surface area contributed by atoms with Gasteiger partial charge in [0.25, 0.3) is 5.91 Å². The number of ether oxygens (including phenoxy) is 2. The number of methoxy groups -OCH3 is 2. The molecule has 4 aliphatic rings. The van der Waals surface area contributed by atoms with E-state index >= 15 is 0 Å². The van der Waals surface area contributed by atoms with E-state index in [1.807, 2.05) is 18.2 Å². The number of pyridine rings is 1. The number of hydrogen-bond acceptors (Lipinski definition) is 6. The van der Waals surface area contributed by atoms with Gasteiger partial charge >= 0.3 is 5.97 Å². The second-order valence-electron chi connectivity index (χ2n) is 11.8. The number of carbonyl (C=O) groups is 2. The van der Waals surface area contributed by atoms with Crippen molar-refractivity contribution in [1.29, 1.82) is 0 Å². The van der Waals surface area contributed by atoms with Gasteiger partial charge in [-0.25, -0.2) is 9.78 Å². The number of carboxylic acids is 1. The molecule has 4 aromatic rings. The van der Waals surface area contributed by atoms with Crippen LogP contribution in [0.25, 0.3) is 28.0 Å². The fourth-order valence-corrected chi connectivity index (χ4v) is 8.19. The number of fused-ring (bicyclic) bond motifs is 1. The van der Waals surface area contributed by atoms with E-state index in [0.29, 0.717) is 50.9 Å². The summed E-state index contributed by atoms with van der Waals surface area (Å²) in [4.78, 5) is 36.3. The third kappa shape index (κ3) is 4.05. The van der Waals surface area contributed by atoms with Gasteiger partial charge in [0.1, 0.15) is 28.3 Å². The van der Waals surface area contributed by atoms with Crippen LogP contribution in [-0.2, 0) is 4.79 Å². The van der Waals surface area contributed by atoms with Gasteiger partial charge in [-0.15, -0.1) is 0 Å². The van der Waals surface area contributed by atoms with Gasteiger partial charge in [-0.05, 0) is 92.2 Å². The molecule has 0 radical (unpaired) electrons. The largest absolute Gasteiger partial charge is 0.496 e. The van der Waals surface area contributed by atoms with Gasteiger partial charge < -0.3 is 19.9 Å². The zero-order valence-corrected chi connectivity index (χ0v) is 24.1. The van der Waals surface area contributed by atoms with Crippen molar-refractivity contribution in [3.8, 4) is 28.6 Å². The molecule has 2 N–H and O–H groups in total. The van der Waals surface area contributed by atoms with E-state index in [1.54, 1.807) is 55.4 Å². The lowest BCUT2D eigenvalue weighted by Gasteiger charge is -2.59. The average molecular weight is 587 g/mol. The average Bonchev–Trinajstić information content (AvgIpc) is 3.42. The standard InChI is InChI=1S/C32H31ClN4O5/c1-41-26-4-3-5-27(42-2)28(26)29-35-24(16-37(29)25-8-9-34-23-15-21(33)6-7-22(23)25)30(38)36-32(31(39)40)19-11-17-10-18(13-19)14-20(32)12-17/h3-9,15-20H,10-14H2,1-2H3,(H,36,38)(H,39,40). The quantitative estimate of drug-likeness (QED) is 0.282. The van der Waals surface area contributed by atoms with Crippen LogP contribution in [0.2, 0.25) is 5.02 Å². The van der Waals surface area contributed by atoms with Crippen molar-refractivity contribution in [2.45, 2.75) is 37.6 Å². The zero-order valence-electron chi connectivity index (χ0n) is 23.3. The number of rotatable bonds is 7. The van der Waals surface area contributed by atoms with Crippen molar-refractivity contribution in [2.75, 3.05) is 14.2 Å². The van der Waals surface area contributed by atoms with Gasteiger partial charge in [0.15, 0.2) is 5.82 Å². The fraction of sp³-hybridized carbons (Fsp3) is 0.375. The van der Waals surface area contributed by atoms with Crippen LogP contribution in [-0.4, -0.2) is 51.3 Å². The number of amides is 1. The zero-order chi connectivity index (χ0) is 29.2. The monoisotopic (exact) mass is 586 g/mol. The number of imidazole rings is 1. The summed E-state index contributed by atoms with van der Waals surface area (Å²) in [7, 11) is 3.12. The predicted octanol–water partition coefficient (Wildman–Crippen LogP) is 5.77. The van der Waals surface area contributed by atoms with Crippen LogP contribution in [0.15, 0.2) is 54.9 Å². The highest BCUT2D eigenvalue weighted by atomic mass is 35.5. The van der Waals surface area contributed by atoms with Crippen LogP contribution in [0.1, 0.15) is 42.6 Å². The Hall–Kier alpha value is -4.11. The van der Waals surface area contributed by atoms with E-state index in [0.717, 1.165) is 31.1 Å². The van der Waals surface area contributed by atoms with Crippen LogP contribution in [0.3, 0.4) is 0 Å². The highest BCUT2D eigenvalue weighted by molar-refractivity contribution is 6.31. The molecule has 8 rings (SSSR count). The molecule has 216 valence electrons. The Balaban J connectivity index is 1.38. The summed E-state index contributed by atoms with van der Waals surface area (Å²) in [6.45, 7) is 0. The Morgan fingerprint density at radius 2 is 1.67 bits per heavy atom. The molecule has 4 fully saturated rings. The number of hydrogen-bond donors (Lipinski definition) is 2. The summed E-state index contributed by atoms with van der Waals surface area (Å²) in [6, 6.07) is 12.7. The number of benzene rings is 2. The number of nitrogens with one attached hydrogen (secondary N) is 1. The molecule has 0 aliphatic heterocycles. The van der Waals surface area contributed by atoms with E-state index in [-0.39, 0.29) is 17.5 Å². The summed E-state index contributed by atoms with van der Waals surface area (Å²) in [5.41, 5.74) is 0.760. The number of carboxylic acid groups (broad SMARTS) is 1. The number of halogens is 1. The lowest BCUT2D eigenvalue weighted by atomic mass is 9.48. The third-order valence-corrected chi connectivity index (χ3v) is 9.87. The molecule has 2 heterocycles. The number of aromatic nitrogens is 3. The topological polar surface area (TPSA) is 116 Å². The second-order valence-corrected chi connectivity index (χ2v) is 12.2. The molecule has 9 nitrogen and oxygen atoms in total. The molecule has 2 aromatic carbocycles. The molecule has 10 heteroatoms.